The lowest BCUT2D eigenvalue weighted by atomic mass is 10.1. The Labute approximate surface area is 291 Å². The number of methoxy groups -OCH3 is 1. The molecule has 0 fully saturated rings. The minimum Gasteiger partial charge on any atom is -0.497 e. The molecule has 10 nitrogen and oxygen atoms in total. The van der Waals surface area contributed by atoms with Crippen LogP contribution in [-0.4, -0.2) is 39.8 Å². The summed E-state index contributed by atoms with van der Waals surface area (Å²) in [4.78, 5) is 12.7. The molecule has 50 heavy (non-hydrogen) atoms. The molecule has 0 heterocycles. The van der Waals surface area contributed by atoms with Gasteiger partial charge in [-0.15, -0.1) is 0 Å². The number of nitrogens with two attached hydrogens (primary N) is 1. The molecular formula is C35H31ClF3N3O7S. The van der Waals surface area contributed by atoms with Crippen molar-refractivity contribution in [1.29, 1.82) is 0 Å². The van der Waals surface area contributed by atoms with E-state index in [1.165, 1.54) is 25.3 Å². The first-order valence-electron chi connectivity index (χ1n) is 14.6. The molecule has 0 bridgehead atoms. The van der Waals surface area contributed by atoms with Crippen molar-refractivity contribution in [2.45, 2.75) is 11.1 Å². The third-order valence-corrected chi connectivity index (χ3v) is 8.28. The van der Waals surface area contributed by atoms with Gasteiger partial charge in [0.1, 0.15) is 18.1 Å². The minimum absolute atomic E-state index is 0.0198. The van der Waals surface area contributed by atoms with Gasteiger partial charge in [-0.1, -0.05) is 48.0 Å². The lowest BCUT2D eigenvalue weighted by Gasteiger charge is -2.20. The smallest absolute Gasteiger partial charge is 0.416 e. The molecule has 15 heteroatoms. The second-order valence-electron chi connectivity index (χ2n) is 10.2. The quantitative estimate of drug-likeness (QED) is 0.100. The summed E-state index contributed by atoms with van der Waals surface area (Å²) in [6, 6.07) is 27.6. The van der Waals surface area contributed by atoms with Crippen molar-refractivity contribution in [2.24, 2.45) is 0 Å². The zero-order valence-electron chi connectivity index (χ0n) is 26.3. The zero-order valence-corrected chi connectivity index (χ0v) is 27.9. The van der Waals surface area contributed by atoms with Crippen LogP contribution in [0.3, 0.4) is 0 Å². The molecule has 0 saturated heterocycles. The molecule has 1 amide bonds. The number of sulfonamides is 1. The first kappa shape index (κ1) is 37.4. The van der Waals surface area contributed by atoms with Crippen LogP contribution < -0.4 is 30.0 Å². The first-order chi connectivity index (χ1) is 23.8. The van der Waals surface area contributed by atoms with Gasteiger partial charge in [0, 0.05) is 23.0 Å². The number of alkyl halides is 3. The number of hydrogen-bond donors (Lipinski definition) is 4. The van der Waals surface area contributed by atoms with Crippen LogP contribution in [0.4, 0.5) is 30.2 Å². The summed E-state index contributed by atoms with van der Waals surface area (Å²) in [5.74, 6) is -0.690. The van der Waals surface area contributed by atoms with Crippen LogP contribution in [0.2, 0.25) is 5.02 Å². The molecule has 0 spiro atoms. The maximum absolute atomic E-state index is 13.4. The van der Waals surface area contributed by atoms with Gasteiger partial charge in [0.15, 0.2) is 11.5 Å². The molecule has 0 aliphatic carbocycles. The summed E-state index contributed by atoms with van der Waals surface area (Å²) >= 11 is 6.31. The van der Waals surface area contributed by atoms with Crippen LogP contribution in [0, 0.1) is 0 Å². The molecule has 0 aliphatic heterocycles. The monoisotopic (exact) mass is 729 g/mol. The third-order valence-electron chi connectivity index (χ3n) is 6.58. The Morgan fingerprint density at radius 1 is 0.880 bits per heavy atom. The number of amides is 1. The van der Waals surface area contributed by atoms with Gasteiger partial charge >= 0.3 is 6.18 Å². The van der Waals surface area contributed by atoms with Crippen molar-refractivity contribution in [2.75, 3.05) is 36.1 Å². The topological polar surface area (TPSA) is 149 Å². The Kier molecular flexibility index (Phi) is 12.5. The number of nitrogen functional groups attached to an aromatic ring is 1. The van der Waals surface area contributed by atoms with Crippen molar-refractivity contribution < 1.29 is 45.7 Å². The number of aliphatic hydroxyl groups is 1. The number of halogens is 4. The lowest BCUT2D eigenvalue weighted by molar-refractivity contribution is -0.137. The maximum Gasteiger partial charge on any atom is 0.416 e. The van der Waals surface area contributed by atoms with Gasteiger partial charge in [-0.25, -0.2) is 8.42 Å². The van der Waals surface area contributed by atoms with E-state index < -0.39 is 39.2 Å². The average molecular weight is 730 g/mol. The predicted molar refractivity (Wildman–Crippen MR) is 185 cm³/mol. The second-order valence-corrected chi connectivity index (χ2v) is 12.3. The number of hydrogen-bond acceptors (Lipinski definition) is 8. The Balaban J connectivity index is 0.000000714. The molecule has 0 aliphatic rings. The number of ether oxygens (including phenoxy) is 3. The second kappa shape index (κ2) is 16.8. The van der Waals surface area contributed by atoms with Gasteiger partial charge in [-0.2, -0.15) is 13.2 Å². The number of rotatable bonds is 11. The van der Waals surface area contributed by atoms with Crippen LogP contribution in [-0.2, 0) is 16.2 Å². The van der Waals surface area contributed by atoms with Crippen LogP contribution in [0.5, 0.6) is 23.0 Å². The number of anilines is 3. The molecule has 262 valence electrons. The lowest BCUT2D eigenvalue weighted by Crippen LogP contribution is -2.17. The van der Waals surface area contributed by atoms with E-state index in [4.69, 9.17) is 31.5 Å². The highest BCUT2D eigenvalue weighted by molar-refractivity contribution is 7.92. The number of nitrogens with one attached hydrogen (secondary N) is 2. The summed E-state index contributed by atoms with van der Waals surface area (Å²) in [5.41, 5.74) is 5.19. The van der Waals surface area contributed by atoms with Gasteiger partial charge in [-0.05, 0) is 72.8 Å². The van der Waals surface area contributed by atoms with Gasteiger partial charge in [0.25, 0.3) is 15.9 Å². The summed E-state index contributed by atoms with van der Waals surface area (Å²) in [5, 5.41) is 12.2. The van der Waals surface area contributed by atoms with Crippen molar-refractivity contribution >= 4 is 44.6 Å². The first-order valence-corrected chi connectivity index (χ1v) is 16.5. The van der Waals surface area contributed by atoms with Crippen molar-refractivity contribution in [3.8, 4) is 23.0 Å². The van der Waals surface area contributed by atoms with Gasteiger partial charge in [-0.3, -0.25) is 9.52 Å². The maximum atomic E-state index is 13.4. The van der Waals surface area contributed by atoms with Crippen molar-refractivity contribution in [3.63, 3.8) is 0 Å². The minimum atomic E-state index is -4.67. The van der Waals surface area contributed by atoms with Crippen molar-refractivity contribution in [3.05, 3.63) is 131 Å². The summed E-state index contributed by atoms with van der Waals surface area (Å²) < 4.78 is 85.0. The standard InChI is InChI=1S/C29H24ClF3N2O7S.C6H7N/c1-40-21-9-12-23(30)25(17-21)42-27-24(35-43(38,39)22-10-7-19(8-11-22)29(31,32)33)15-18(16-26(27)41-14-13-36)28(37)34-20-5-3-2-4-6-20;7-6-4-2-1-3-5-6/h2-12,15-17,35-36H,13-14H2,1H3,(H,34,37);1-5H,7H2. The SMILES string of the molecule is COc1ccc(Cl)c(Oc2c(NS(=O)(=O)c3ccc(C(F)(F)F)cc3)cc(C(=O)Nc3ccccc3)cc2OCCO)c1.Nc1ccccc1. The molecule has 0 aromatic heterocycles. The fourth-order valence-electron chi connectivity index (χ4n) is 4.18. The number of aliphatic hydroxyl groups excluding tert-OH is 1. The fourth-order valence-corrected chi connectivity index (χ4v) is 5.39. The largest absolute Gasteiger partial charge is 0.497 e. The highest BCUT2D eigenvalue weighted by Crippen LogP contribution is 2.44. The van der Waals surface area contributed by atoms with Crippen LogP contribution in [0.1, 0.15) is 15.9 Å². The number of carbonyl (C=O) groups is 1. The normalized spacial score (nSPS) is 11.1. The highest BCUT2D eigenvalue weighted by atomic mass is 35.5. The van der Waals surface area contributed by atoms with E-state index in [0.29, 0.717) is 23.6 Å². The Hall–Kier alpha value is -5.44. The molecular weight excluding hydrogens is 699 g/mol. The summed E-state index contributed by atoms with van der Waals surface area (Å²) in [6.45, 7) is -0.705. The van der Waals surface area contributed by atoms with E-state index in [1.54, 1.807) is 36.4 Å². The van der Waals surface area contributed by atoms with E-state index in [0.717, 1.165) is 23.9 Å². The van der Waals surface area contributed by atoms with Crippen LogP contribution >= 0.6 is 11.6 Å². The number of para-hydroxylation sites is 2. The van der Waals surface area contributed by atoms with E-state index in [1.807, 2.05) is 30.3 Å². The van der Waals surface area contributed by atoms with E-state index in [-0.39, 0.29) is 40.1 Å². The number of benzene rings is 5. The van der Waals surface area contributed by atoms with Crippen LogP contribution in [0.25, 0.3) is 0 Å². The molecule has 0 atom stereocenters. The summed E-state index contributed by atoms with van der Waals surface area (Å²) in [6.07, 6.45) is -4.67. The Morgan fingerprint density at radius 2 is 1.52 bits per heavy atom. The van der Waals surface area contributed by atoms with E-state index in [2.05, 4.69) is 10.0 Å². The third kappa shape index (κ3) is 10.3. The molecule has 5 aromatic carbocycles. The highest BCUT2D eigenvalue weighted by Gasteiger charge is 2.31. The average Bonchev–Trinajstić information content (AvgIpc) is 3.09. The zero-order chi connectivity index (χ0) is 36.3. The molecule has 5 N–H and O–H groups in total. The fraction of sp³-hybridized carbons (Fsp3) is 0.114. The van der Waals surface area contributed by atoms with E-state index in [9.17, 15) is 31.5 Å². The molecule has 5 rings (SSSR count). The molecule has 0 saturated carbocycles. The summed E-state index contributed by atoms with van der Waals surface area (Å²) in [7, 11) is -3.13. The van der Waals surface area contributed by atoms with Crippen molar-refractivity contribution in [1.82, 2.24) is 0 Å². The van der Waals surface area contributed by atoms with E-state index >= 15 is 0 Å². The number of carbonyl (C=O) groups excluding carboxylic acids is 1. The predicted octanol–water partition coefficient (Wildman–Crippen LogP) is 7.85. The Bertz CT molecular complexity index is 2000. The van der Waals surface area contributed by atoms with Crippen LogP contribution in [0.15, 0.2) is 120 Å². The van der Waals surface area contributed by atoms with Gasteiger partial charge in [0.05, 0.1) is 34.9 Å². The van der Waals surface area contributed by atoms with Gasteiger partial charge < -0.3 is 30.4 Å². The molecule has 5 aromatic rings. The molecule has 0 radical (unpaired) electrons. The van der Waals surface area contributed by atoms with Gasteiger partial charge in [0.2, 0.25) is 0 Å². The molecule has 0 unspecified atom stereocenters. The Morgan fingerprint density at radius 3 is 2.08 bits per heavy atom.